The smallest absolute Gasteiger partial charge is 0.236 e. The van der Waals surface area contributed by atoms with Crippen molar-refractivity contribution in [3.05, 3.63) is 16.4 Å². The van der Waals surface area contributed by atoms with Gasteiger partial charge >= 0.3 is 0 Å². The molecule has 1 amide bonds. The molecule has 0 radical (unpaired) electrons. The van der Waals surface area contributed by atoms with Crippen LogP contribution in [0.1, 0.15) is 49.5 Å². The standard InChI is InChI=1S/C16H21N5OS3/c1-5-10-8(3)24-15-13(10)14(17-9(4)18-15)23-7-11(22)19-16-21-20-12(6-2)25-16/h8,10H,5-7H2,1-4H3,(H,19,21,22)/t8-,10-/m1/s1. The third-order valence-corrected chi connectivity index (χ3v) is 7.23. The maximum Gasteiger partial charge on any atom is 0.236 e. The Morgan fingerprint density at radius 2 is 2.08 bits per heavy atom. The zero-order valence-electron chi connectivity index (χ0n) is 14.7. The highest BCUT2D eigenvalue weighted by atomic mass is 32.2. The van der Waals surface area contributed by atoms with Gasteiger partial charge in [0.05, 0.1) is 5.75 Å². The molecule has 9 heteroatoms. The molecule has 0 fully saturated rings. The maximum atomic E-state index is 12.2. The van der Waals surface area contributed by atoms with E-state index in [1.54, 1.807) is 0 Å². The summed E-state index contributed by atoms with van der Waals surface area (Å²) in [5.41, 5.74) is 1.22. The highest BCUT2D eigenvalue weighted by Crippen LogP contribution is 2.48. The van der Waals surface area contributed by atoms with Gasteiger partial charge < -0.3 is 0 Å². The van der Waals surface area contributed by atoms with Crippen LogP contribution in [-0.4, -0.2) is 37.1 Å². The molecule has 0 unspecified atom stereocenters. The van der Waals surface area contributed by atoms with E-state index in [1.807, 2.05) is 25.6 Å². The van der Waals surface area contributed by atoms with Crippen LogP contribution in [0.5, 0.6) is 0 Å². The van der Waals surface area contributed by atoms with Crippen molar-refractivity contribution >= 4 is 45.9 Å². The number of carbonyl (C=O) groups is 1. The average molecular weight is 396 g/mol. The lowest BCUT2D eigenvalue weighted by molar-refractivity contribution is -0.113. The molecule has 1 aliphatic rings. The van der Waals surface area contributed by atoms with E-state index in [-0.39, 0.29) is 5.91 Å². The number of hydrogen-bond donors (Lipinski definition) is 1. The first-order valence-corrected chi connectivity index (χ1v) is 11.0. The predicted octanol–water partition coefficient (Wildman–Crippen LogP) is 3.92. The second kappa shape index (κ2) is 8.01. The van der Waals surface area contributed by atoms with Gasteiger partial charge in [0.2, 0.25) is 11.0 Å². The van der Waals surface area contributed by atoms with E-state index in [0.717, 1.165) is 33.7 Å². The Labute approximate surface area is 160 Å². The first kappa shape index (κ1) is 18.6. The number of hydrogen-bond acceptors (Lipinski definition) is 8. The Morgan fingerprint density at radius 3 is 2.76 bits per heavy atom. The lowest BCUT2D eigenvalue weighted by atomic mass is 9.96. The van der Waals surface area contributed by atoms with Crippen LogP contribution in [0.15, 0.2) is 10.1 Å². The van der Waals surface area contributed by atoms with Crippen LogP contribution in [-0.2, 0) is 11.2 Å². The number of anilines is 1. The number of fused-ring (bicyclic) bond motifs is 1. The largest absolute Gasteiger partial charge is 0.300 e. The van der Waals surface area contributed by atoms with Crippen molar-refractivity contribution in [2.75, 3.05) is 11.1 Å². The summed E-state index contributed by atoms with van der Waals surface area (Å²) < 4.78 is 0. The summed E-state index contributed by atoms with van der Waals surface area (Å²) in [6, 6.07) is 0. The van der Waals surface area contributed by atoms with Gasteiger partial charge in [-0.15, -0.1) is 22.0 Å². The van der Waals surface area contributed by atoms with Crippen LogP contribution in [0.4, 0.5) is 5.13 Å². The van der Waals surface area contributed by atoms with E-state index in [2.05, 4.69) is 39.3 Å². The Morgan fingerprint density at radius 1 is 1.28 bits per heavy atom. The third kappa shape index (κ3) is 4.15. The zero-order valence-corrected chi connectivity index (χ0v) is 17.1. The first-order chi connectivity index (χ1) is 12.0. The molecule has 3 heterocycles. The van der Waals surface area contributed by atoms with Gasteiger partial charge in [0, 0.05) is 16.7 Å². The normalized spacial score (nSPS) is 19.0. The van der Waals surface area contributed by atoms with Crippen molar-refractivity contribution in [1.29, 1.82) is 0 Å². The van der Waals surface area contributed by atoms with Crippen molar-refractivity contribution in [2.24, 2.45) is 0 Å². The highest BCUT2D eigenvalue weighted by molar-refractivity contribution is 8.01. The number of aromatic nitrogens is 4. The number of aryl methyl sites for hydroxylation is 2. The summed E-state index contributed by atoms with van der Waals surface area (Å²) >= 11 is 4.71. The highest BCUT2D eigenvalue weighted by Gasteiger charge is 2.33. The van der Waals surface area contributed by atoms with E-state index in [9.17, 15) is 4.79 Å². The molecule has 0 aromatic carbocycles. The van der Waals surface area contributed by atoms with Gasteiger partial charge in [-0.05, 0) is 19.8 Å². The van der Waals surface area contributed by atoms with Crippen LogP contribution in [0.3, 0.4) is 0 Å². The van der Waals surface area contributed by atoms with E-state index in [0.29, 0.717) is 22.1 Å². The van der Waals surface area contributed by atoms with Crippen LogP contribution in [0.2, 0.25) is 0 Å². The molecule has 2 aromatic rings. The molecule has 2 atom stereocenters. The molecular weight excluding hydrogens is 374 g/mol. The summed E-state index contributed by atoms with van der Waals surface area (Å²) in [5, 5.41) is 14.8. The van der Waals surface area contributed by atoms with E-state index < -0.39 is 0 Å². The fraction of sp³-hybridized carbons (Fsp3) is 0.562. The molecule has 0 aliphatic carbocycles. The third-order valence-electron chi connectivity index (χ3n) is 4.02. The molecular formula is C16H21N5OS3. The molecule has 134 valence electrons. The minimum atomic E-state index is -0.0828. The number of amides is 1. The van der Waals surface area contributed by atoms with Crippen molar-refractivity contribution in [1.82, 2.24) is 20.2 Å². The maximum absolute atomic E-state index is 12.2. The number of rotatable bonds is 6. The minimum Gasteiger partial charge on any atom is -0.300 e. The van der Waals surface area contributed by atoms with Crippen LogP contribution in [0, 0.1) is 6.92 Å². The Hall–Kier alpha value is -1.19. The molecule has 0 spiro atoms. The molecule has 0 saturated carbocycles. The fourth-order valence-electron chi connectivity index (χ4n) is 2.81. The molecule has 2 aromatic heterocycles. The lowest BCUT2D eigenvalue weighted by Crippen LogP contribution is -2.15. The molecule has 0 bridgehead atoms. The Balaban J connectivity index is 1.70. The van der Waals surface area contributed by atoms with Crippen molar-refractivity contribution in [2.45, 2.75) is 61.8 Å². The number of nitrogens with zero attached hydrogens (tertiary/aromatic N) is 4. The predicted molar refractivity (Wildman–Crippen MR) is 104 cm³/mol. The summed E-state index contributed by atoms with van der Waals surface area (Å²) in [6.45, 7) is 8.35. The molecule has 6 nitrogen and oxygen atoms in total. The number of thioether (sulfide) groups is 2. The van der Waals surface area contributed by atoms with Gasteiger partial charge in [0.1, 0.15) is 20.9 Å². The topological polar surface area (TPSA) is 80.7 Å². The van der Waals surface area contributed by atoms with Crippen LogP contribution >= 0.6 is 34.9 Å². The van der Waals surface area contributed by atoms with Crippen molar-refractivity contribution in [3.63, 3.8) is 0 Å². The van der Waals surface area contributed by atoms with Crippen molar-refractivity contribution < 1.29 is 4.79 Å². The fourth-order valence-corrected chi connectivity index (χ4v) is 5.92. The zero-order chi connectivity index (χ0) is 18.0. The number of nitrogens with one attached hydrogen (secondary N) is 1. The van der Waals surface area contributed by atoms with E-state index in [4.69, 9.17) is 0 Å². The van der Waals surface area contributed by atoms with Gasteiger partial charge in [0.25, 0.3) is 0 Å². The van der Waals surface area contributed by atoms with Crippen LogP contribution in [0.25, 0.3) is 0 Å². The Kier molecular flexibility index (Phi) is 5.96. The van der Waals surface area contributed by atoms with Gasteiger partial charge in [-0.2, -0.15) is 0 Å². The van der Waals surface area contributed by atoms with Crippen LogP contribution < -0.4 is 5.32 Å². The monoisotopic (exact) mass is 395 g/mol. The first-order valence-electron chi connectivity index (χ1n) is 8.32. The lowest BCUT2D eigenvalue weighted by Gasteiger charge is -2.15. The summed E-state index contributed by atoms with van der Waals surface area (Å²) in [5.74, 6) is 1.43. The van der Waals surface area contributed by atoms with Gasteiger partial charge in [-0.1, -0.05) is 43.9 Å². The second-order valence-electron chi connectivity index (χ2n) is 5.82. The summed E-state index contributed by atoms with van der Waals surface area (Å²) in [7, 11) is 0. The summed E-state index contributed by atoms with van der Waals surface area (Å²) in [4.78, 5) is 21.4. The molecule has 25 heavy (non-hydrogen) atoms. The minimum absolute atomic E-state index is 0.0828. The average Bonchev–Trinajstić information content (AvgIpc) is 3.15. The van der Waals surface area contributed by atoms with E-state index >= 15 is 0 Å². The number of carbonyl (C=O) groups excluding carboxylic acids is 1. The Bertz CT molecular complexity index is 779. The molecule has 1 N–H and O–H groups in total. The SMILES string of the molecule is CCc1nnc(NC(=O)CSc2nc(C)nc3c2[C@H](CC)[C@@H](C)S3)s1. The molecule has 3 rings (SSSR count). The van der Waals surface area contributed by atoms with Gasteiger partial charge in [-0.3, -0.25) is 10.1 Å². The van der Waals surface area contributed by atoms with Crippen molar-refractivity contribution in [3.8, 4) is 0 Å². The van der Waals surface area contributed by atoms with Gasteiger partial charge in [-0.25, -0.2) is 9.97 Å². The quantitative estimate of drug-likeness (QED) is 0.586. The summed E-state index contributed by atoms with van der Waals surface area (Å²) in [6.07, 6.45) is 1.88. The van der Waals surface area contributed by atoms with E-state index in [1.165, 1.54) is 28.7 Å². The molecule has 1 aliphatic heterocycles. The molecule has 0 saturated heterocycles. The van der Waals surface area contributed by atoms with Gasteiger partial charge in [0.15, 0.2) is 0 Å². The second-order valence-corrected chi connectivity index (χ2v) is 9.22.